The van der Waals surface area contributed by atoms with Crippen LogP contribution in [0.2, 0.25) is 0 Å². The zero-order valence-corrected chi connectivity index (χ0v) is 13.3. The lowest BCUT2D eigenvalue weighted by Gasteiger charge is -2.31. The van der Waals surface area contributed by atoms with Crippen molar-refractivity contribution in [3.8, 4) is 0 Å². The molecule has 3 amide bonds. The number of nitrogens with zero attached hydrogens (tertiary/aromatic N) is 2. The molecule has 6 heteroatoms. The van der Waals surface area contributed by atoms with Gasteiger partial charge in [0.25, 0.3) is 0 Å². The third-order valence-electron chi connectivity index (χ3n) is 4.52. The number of piperidine rings is 1. The Hall–Kier alpha value is -2.11. The van der Waals surface area contributed by atoms with Crippen LogP contribution < -0.4 is 10.2 Å². The summed E-state index contributed by atoms with van der Waals surface area (Å²) in [6, 6.07) is 5.65. The van der Waals surface area contributed by atoms with Gasteiger partial charge in [-0.1, -0.05) is 13.0 Å². The fraction of sp³-hybridized carbons (Fsp3) is 0.529. The average molecular weight is 319 g/mol. The molecule has 124 valence electrons. The quantitative estimate of drug-likeness (QED) is 0.910. The van der Waals surface area contributed by atoms with E-state index in [2.05, 4.69) is 12.2 Å². The molecule has 3 rings (SSSR count). The van der Waals surface area contributed by atoms with Crippen molar-refractivity contribution < 1.29 is 14.0 Å². The molecule has 23 heavy (non-hydrogen) atoms. The average Bonchev–Trinajstić information content (AvgIpc) is 2.88. The van der Waals surface area contributed by atoms with Crippen LogP contribution in [0, 0.1) is 11.7 Å². The molecule has 2 aliphatic heterocycles. The lowest BCUT2D eigenvalue weighted by molar-refractivity contribution is -0.117. The molecule has 0 spiro atoms. The number of amides is 3. The van der Waals surface area contributed by atoms with Gasteiger partial charge in [-0.05, 0) is 37.0 Å². The van der Waals surface area contributed by atoms with Gasteiger partial charge < -0.3 is 15.1 Å². The van der Waals surface area contributed by atoms with Crippen molar-refractivity contribution in [1.29, 1.82) is 0 Å². The number of likely N-dealkylation sites (tertiary alicyclic amines) is 1. The Labute approximate surface area is 135 Å². The number of carbonyl (C=O) groups excluding carboxylic acids is 2. The van der Waals surface area contributed by atoms with Gasteiger partial charge >= 0.3 is 6.03 Å². The van der Waals surface area contributed by atoms with Crippen LogP contribution in [0.15, 0.2) is 24.3 Å². The van der Waals surface area contributed by atoms with E-state index in [0.29, 0.717) is 18.2 Å². The first-order valence-corrected chi connectivity index (χ1v) is 8.14. The highest BCUT2D eigenvalue weighted by atomic mass is 19.1. The van der Waals surface area contributed by atoms with E-state index in [1.165, 1.54) is 17.0 Å². The molecule has 2 aliphatic rings. The Balaban J connectivity index is 1.60. The van der Waals surface area contributed by atoms with E-state index < -0.39 is 0 Å². The van der Waals surface area contributed by atoms with Crippen LogP contribution in [0.5, 0.6) is 0 Å². The second-order valence-electron chi connectivity index (χ2n) is 6.53. The van der Waals surface area contributed by atoms with E-state index in [-0.39, 0.29) is 30.2 Å². The van der Waals surface area contributed by atoms with E-state index >= 15 is 0 Å². The maximum Gasteiger partial charge on any atom is 0.317 e. The molecule has 2 atom stereocenters. The topological polar surface area (TPSA) is 52.7 Å². The molecule has 1 N–H and O–H groups in total. The maximum absolute atomic E-state index is 13.3. The van der Waals surface area contributed by atoms with Crippen molar-refractivity contribution in [3.63, 3.8) is 0 Å². The first-order valence-electron chi connectivity index (χ1n) is 8.14. The van der Waals surface area contributed by atoms with Gasteiger partial charge in [0.2, 0.25) is 5.91 Å². The summed E-state index contributed by atoms with van der Waals surface area (Å²) >= 11 is 0. The molecular formula is C17H22FN3O2. The minimum Gasteiger partial charge on any atom is -0.333 e. The molecule has 0 aliphatic carbocycles. The number of halogens is 1. The summed E-state index contributed by atoms with van der Waals surface area (Å²) < 4.78 is 13.3. The maximum atomic E-state index is 13.3. The van der Waals surface area contributed by atoms with E-state index in [1.807, 2.05) is 4.90 Å². The zero-order chi connectivity index (χ0) is 16.4. The lowest BCUT2D eigenvalue weighted by Crippen LogP contribution is -2.49. The molecular weight excluding hydrogens is 297 g/mol. The van der Waals surface area contributed by atoms with Gasteiger partial charge in [0, 0.05) is 31.7 Å². The number of rotatable bonds is 2. The van der Waals surface area contributed by atoms with Crippen LogP contribution in [0.4, 0.5) is 14.9 Å². The second-order valence-corrected chi connectivity index (χ2v) is 6.53. The van der Waals surface area contributed by atoms with E-state index in [9.17, 15) is 14.0 Å². The van der Waals surface area contributed by atoms with Gasteiger partial charge in [0.05, 0.1) is 6.04 Å². The molecule has 0 aromatic heterocycles. The van der Waals surface area contributed by atoms with Crippen molar-refractivity contribution in [3.05, 3.63) is 30.1 Å². The number of urea groups is 1. The Kier molecular flexibility index (Phi) is 4.50. The molecule has 5 nitrogen and oxygen atoms in total. The van der Waals surface area contributed by atoms with Crippen molar-refractivity contribution in [2.45, 2.75) is 32.2 Å². The number of benzene rings is 1. The summed E-state index contributed by atoms with van der Waals surface area (Å²) in [7, 11) is 0. The fourth-order valence-corrected chi connectivity index (χ4v) is 3.34. The second kappa shape index (κ2) is 6.56. The van der Waals surface area contributed by atoms with Crippen molar-refractivity contribution >= 4 is 17.6 Å². The molecule has 2 fully saturated rings. The summed E-state index contributed by atoms with van der Waals surface area (Å²) in [6.07, 6.45) is 2.43. The highest BCUT2D eigenvalue weighted by molar-refractivity contribution is 5.96. The highest BCUT2D eigenvalue weighted by Gasteiger charge is 2.33. The van der Waals surface area contributed by atoms with Crippen LogP contribution in [-0.4, -0.2) is 42.5 Å². The van der Waals surface area contributed by atoms with Crippen LogP contribution in [0.25, 0.3) is 0 Å². The van der Waals surface area contributed by atoms with Crippen LogP contribution >= 0.6 is 0 Å². The summed E-state index contributed by atoms with van der Waals surface area (Å²) in [5.74, 6) is 0.0569. The molecule has 1 aromatic rings. The summed E-state index contributed by atoms with van der Waals surface area (Å²) in [6.45, 7) is 4.06. The predicted octanol–water partition coefficient (Wildman–Crippen LogP) is 2.37. The van der Waals surface area contributed by atoms with Gasteiger partial charge in [-0.15, -0.1) is 0 Å². The SMILES string of the molecule is C[C@H]1CCCN(C(=O)N[C@H]2CC(=O)N(c3cccc(F)c3)C2)C1. The standard InChI is InChI=1S/C17H22FN3O2/c1-12-4-3-7-20(10-12)17(23)19-14-9-16(22)21(11-14)15-6-2-5-13(18)8-15/h2,5-6,8,12,14H,3-4,7,9-11H2,1H3,(H,19,23)/t12-,14-/m0/s1. The van der Waals surface area contributed by atoms with Gasteiger partial charge in [-0.2, -0.15) is 0 Å². The normalized spacial score (nSPS) is 24.9. The van der Waals surface area contributed by atoms with E-state index in [4.69, 9.17) is 0 Å². The van der Waals surface area contributed by atoms with E-state index in [1.54, 1.807) is 12.1 Å². The first-order chi connectivity index (χ1) is 11.0. The Morgan fingerprint density at radius 1 is 1.35 bits per heavy atom. The van der Waals surface area contributed by atoms with Gasteiger partial charge in [0.1, 0.15) is 5.82 Å². The van der Waals surface area contributed by atoms with Crippen LogP contribution in [0.3, 0.4) is 0 Å². The Morgan fingerprint density at radius 2 is 2.17 bits per heavy atom. The number of anilines is 1. The fourth-order valence-electron chi connectivity index (χ4n) is 3.34. The van der Waals surface area contributed by atoms with Gasteiger partial charge in [-0.25, -0.2) is 9.18 Å². The van der Waals surface area contributed by atoms with Crippen molar-refractivity contribution in [2.24, 2.45) is 5.92 Å². The third-order valence-corrected chi connectivity index (χ3v) is 4.52. The summed E-state index contributed by atoms with van der Waals surface area (Å²) in [4.78, 5) is 27.8. The minimum atomic E-state index is -0.370. The molecule has 0 bridgehead atoms. The largest absolute Gasteiger partial charge is 0.333 e. The van der Waals surface area contributed by atoms with Gasteiger partial charge in [0.15, 0.2) is 0 Å². The van der Waals surface area contributed by atoms with Crippen molar-refractivity contribution in [1.82, 2.24) is 10.2 Å². The van der Waals surface area contributed by atoms with Gasteiger partial charge in [-0.3, -0.25) is 4.79 Å². The number of hydrogen-bond donors (Lipinski definition) is 1. The number of hydrogen-bond acceptors (Lipinski definition) is 2. The molecule has 0 radical (unpaired) electrons. The highest BCUT2D eigenvalue weighted by Crippen LogP contribution is 2.23. The molecule has 2 heterocycles. The predicted molar refractivity (Wildman–Crippen MR) is 85.7 cm³/mol. The zero-order valence-electron chi connectivity index (χ0n) is 13.3. The Morgan fingerprint density at radius 3 is 2.91 bits per heavy atom. The van der Waals surface area contributed by atoms with E-state index in [0.717, 1.165) is 25.9 Å². The monoisotopic (exact) mass is 319 g/mol. The molecule has 0 saturated carbocycles. The van der Waals surface area contributed by atoms with Crippen LogP contribution in [-0.2, 0) is 4.79 Å². The molecule has 0 unspecified atom stereocenters. The number of nitrogens with one attached hydrogen (secondary N) is 1. The summed E-state index contributed by atoms with van der Waals surface area (Å²) in [5.41, 5.74) is 0.540. The van der Waals surface area contributed by atoms with Crippen LogP contribution in [0.1, 0.15) is 26.2 Å². The third kappa shape index (κ3) is 3.63. The van der Waals surface area contributed by atoms with Crippen molar-refractivity contribution in [2.75, 3.05) is 24.5 Å². The lowest BCUT2D eigenvalue weighted by atomic mass is 10.0. The number of carbonyl (C=O) groups is 2. The Bertz CT molecular complexity index is 607. The molecule has 1 aromatic carbocycles. The first kappa shape index (κ1) is 15.8. The summed E-state index contributed by atoms with van der Waals surface area (Å²) in [5, 5.41) is 2.94. The molecule has 2 saturated heterocycles. The smallest absolute Gasteiger partial charge is 0.317 e. The minimum absolute atomic E-state index is 0.0899.